The highest BCUT2D eigenvalue weighted by atomic mass is 32.1. The maximum Gasteiger partial charge on any atom is 0.307 e. The molecule has 1 fully saturated rings. The van der Waals surface area contributed by atoms with Crippen LogP contribution in [0.2, 0.25) is 0 Å². The highest BCUT2D eigenvalue weighted by Gasteiger charge is 2.34. The van der Waals surface area contributed by atoms with Crippen molar-refractivity contribution in [2.24, 2.45) is 11.8 Å². The molecule has 3 N–H and O–H groups in total. The highest BCUT2D eigenvalue weighted by Crippen LogP contribution is 2.26. The first-order valence-corrected chi connectivity index (χ1v) is 12.4. The molecule has 0 unspecified atom stereocenters. The molecular weight excluding hydrogens is 438 g/mol. The smallest absolute Gasteiger partial charge is 0.307 e. The maximum atomic E-state index is 13.8. The van der Waals surface area contributed by atoms with E-state index in [1.54, 1.807) is 22.4 Å². The number of nitrogens with zero attached hydrogens (tertiary/aromatic N) is 3. The molecule has 2 atom stereocenters. The van der Waals surface area contributed by atoms with Crippen LogP contribution in [0, 0.1) is 11.8 Å². The van der Waals surface area contributed by atoms with Crippen molar-refractivity contribution in [1.82, 2.24) is 20.2 Å². The third kappa shape index (κ3) is 6.51. The van der Waals surface area contributed by atoms with E-state index in [4.69, 9.17) is 4.98 Å². The summed E-state index contributed by atoms with van der Waals surface area (Å²) in [5.74, 6) is -0.112. The monoisotopic (exact) mass is 473 g/mol. The van der Waals surface area contributed by atoms with Gasteiger partial charge in [-0.3, -0.25) is 9.59 Å². The lowest BCUT2D eigenvalue weighted by atomic mass is 9.93. The molecule has 180 valence electrons. The third-order valence-electron chi connectivity index (χ3n) is 5.67. The molecular formula is C24H35N5O3S. The number of nitrogens with one attached hydrogen (secondary N) is 2. The van der Waals surface area contributed by atoms with E-state index >= 15 is 0 Å². The van der Waals surface area contributed by atoms with Crippen LogP contribution in [0.3, 0.4) is 0 Å². The number of aromatic nitrogens is 2. The van der Waals surface area contributed by atoms with Crippen LogP contribution >= 0.6 is 11.3 Å². The molecule has 3 heterocycles. The fourth-order valence-corrected chi connectivity index (χ4v) is 4.57. The fourth-order valence-electron chi connectivity index (χ4n) is 3.90. The molecule has 1 amide bonds. The summed E-state index contributed by atoms with van der Waals surface area (Å²) >= 11 is 1.62. The van der Waals surface area contributed by atoms with Gasteiger partial charge in [-0.2, -0.15) is 11.3 Å². The quantitative estimate of drug-likeness (QED) is 0.538. The van der Waals surface area contributed by atoms with Crippen molar-refractivity contribution >= 4 is 29.0 Å². The Morgan fingerprint density at radius 3 is 2.70 bits per heavy atom. The number of carbonyl (C=O) groups is 2. The lowest BCUT2D eigenvalue weighted by Crippen LogP contribution is -2.53. The fraction of sp³-hybridized carbons (Fsp3) is 0.583. The number of amides is 1. The van der Waals surface area contributed by atoms with Crippen molar-refractivity contribution in [3.63, 3.8) is 0 Å². The van der Waals surface area contributed by atoms with Gasteiger partial charge in [0.25, 0.3) is 5.91 Å². The van der Waals surface area contributed by atoms with Gasteiger partial charge < -0.3 is 20.6 Å². The molecule has 1 saturated heterocycles. The summed E-state index contributed by atoms with van der Waals surface area (Å²) in [4.78, 5) is 36.5. The summed E-state index contributed by atoms with van der Waals surface area (Å²) in [5.41, 5.74) is 1.27. The van der Waals surface area contributed by atoms with Crippen LogP contribution in [0.1, 0.15) is 62.8 Å². The average Bonchev–Trinajstić information content (AvgIpc) is 3.28. The minimum Gasteiger partial charge on any atom is -0.481 e. The Labute approximate surface area is 199 Å². The van der Waals surface area contributed by atoms with Gasteiger partial charge in [0.1, 0.15) is 17.2 Å². The Hall–Kier alpha value is -2.52. The second kappa shape index (κ2) is 10.6. The van der Waals surface area contributed by atoms with Gasteiger partial charge in [0.2, 0.25) is 0 Å². The minimum absolute atomic E-state index is 0.171. The predicted octanol–water partition coefficient (Wildman–Crippen LogP) is 3.61. The van der Waals surface area contributed by atoms with E-state index in [0.29, 0.717) is 49.8 Å². The molecule has 33 heavy (non-hydrogen) atoms. The average molecular weight is 474 g/mol. The molecule has 0 radical (unpaired) electrons. The first-order valence-electron chi connectivity index (χ1n) is 11.4. The number of hydrogen-bond donors (Lipinski definition) is 3. The number of carbonyl (C=O) groups excluding carboxylic acids is 1. The Balaban J connectivity index is 1.94. The second-order valence-electron chi connectivity index (χ2n) is 10.1. The van der Waals surface area contributed by atoms with Gasteiger partial charge in [0.05, 0.1) is 5.92 Å². The number of piperidine rings is 1. The maximum absolute atomic E-state index is 13.8. The lowest BCUT2D eigenvalue weighted by Gasteiger charge is -2.38. The number of anilines is 1. The number of rotatable bonds is 8. The Kier molecular flexibility index (Phi) is 8.07. The van der Waals surface area contributed by atoms with Gasteiger partial charge in [0.15, 0.2) is 0 Å². The van der Waals surface area contributed by atoms with Gasteiger partial charge in [0, 0.05) is 43.8 Å². The molecule has 3 rings (SSSR count). The third-order valence-corrected chi connectivity index (χ3v) is 6.40. The molecule has 0 bridgehead atoms. The summed E-state index contributed by atoms with van der Waals surface area (Å²) in [6.45, 7) is 12.3. The predicted molar refractivity (Wildman–Crippen MR) is 131 cm³/mol. The van der Waals surface area contributed by atoms with Crippen molar-refractivity contribution in [2.75, 3.05) is 25.0 Å². The van der Waals surface area contributed by atoms with Crippen molar-refractivity contribution in [3.8, 4) is 0 Å². The van der Waals surface area contributed by atoms with E-state index < -0.39 is 11.9 Å². The van der Waals surface area contributed by atoms with Crippen molar-refractivity contribution in [2.45, 2.75) is 59.0 Å². The first-order chi connectivity index (χ1) is 15.6. The van der Waals surface area contributed by atoms with E-state index in [9.17, 15) is 14.7 Å². The van der Waals surface area contributed by atoms with Gasteiger partial charge in [-0.25, -0.2) is 9.97 Å². The molecule has 1 aliphatic heterocycles. The summed E-state index contributed by atoms with van der Waals surface area (Å²) in [7, 11) is 0. The molecule has 0 saturated carbocycles. The van der Waals surface area contributed by atoms with Crippen molar-refractivity contribution < 1.29 is 14.7 Å². The van der Waals surface area contributed by atoms with Gasteiger partial charge in [-0.1, -0.05) is 34.6 Å². The largest absolute Gasteiger partial charge is 0.481 e. The zero-order valence-corrected chi connectivity index (χ0v) is 20.9. The van der Waals surface area contributed by atoms with Crippen LogP contribution < -0.4 is 10.6 Å². The van der Waals surface area contributed by atoms with Crippen molar-refractivity contribution in [1.29, 1.82) is 0 Å². The van der Waals surface area contributed by atoms with Crippen LogP contribution in [-0.2, 0) is 16.8 Å². The van der Waals surface area contributed by atoms with Crippen molar-refractivity contribution in [3.05, 3.63) is 40.0 Å². The highest BCUT2D eigenvalue weighted by molar-refractivity contribution is 7.07. The Morgan fingerprint density at radius 2 is 2.09 bits per heavy atom. The minimum atomic E-state index is -0.833. The summed E-state index contributed by atoms with van der Waals surface area (Å²) < 4.78 is 0. The zero-order valence-electron chi connectivity index (χ0n) is 20.1. The van der Waals surface area contributed by atoms with Crippen LogP contribution in [0.4, 0.5) is 5.82 Å². The SMILES string of the molecule is CC(C)CN(C(=O)c1cnc(C(C)(C)C)nc1NCc1ccsc1)[C@H]1CNC[C@@H](C(=O)O)C1. The van der Waals surface area contributed by atoms with Crippen LogP contribution in [-0.4, -0.2) is 57.5 Å². The number of aliphatic carboxylic acids is 1. The topological polar surface area (TPSA) is 107 Å². The van der Waals surface area contributed by atoms with E-state index in [1.165, 1.54) is 0 Å². The number of carboxylic acids is 1. The standard InChI is InChI=1S/C24H35N5O3S/c1-15(2)13-29(18-8-17(22(31)32)10-25-11-18)21(30)19-12-27-23(24(3,4)5)28-20(19)26-9-16-6-7-33-14-16/h6-7,12,14-15,17-18,25H,8-11,13H2,1-5H3,(H,31,32)(H,26,27,28)/t17-,18+/m0/s1. The van der Waals surface area contributed by atoms with E-state index in [1.807, 2.05) is 32.2 Å². The summed E-state index contributed by atoms with van der Waals surface area (Å²) in [5, 5.41) is 20.1. The Bertz CT molecular complexity index is 956. The van der Waals surface area contributed by atoms with Crippen LogP contribution in [0.25, 0.3) is 0 Å². The molecule has 2 aromatic heterocycles. The number of hydrogen-bond acceptors (Lipinski definition) is 7. The van der Waals surface area contributed by atoms with E-state index in [-0.39, 0.29) is 23.3 Å². The van der Waals surface area contributed by atoms with Crippen LogP contribution in [0.15, 0.2) is 23.0 Å². The van der Waals surface area contributed by atoms with E-state index in [2.05, 4.69) is 34.8 Å². The molecule has 9 heteroatoms. The molecule has 0 aliphatic carbocycles. The van der Waals surface area contributed by atoms with E-state index in [0.717, 1.165) is 5.56 Å². The van der Waals surface area contributed by atoms with Gasteiger partial charge in [-0.15, -0.1) is 0 Å². The Morgan fingerprint density at radius 1 is 1.33 bits per heavy atom. The number of thiophene rings is 1. The first kappa shape index (κ1) is 25.1. The molecule has 8 nitrogen and oxygen atoms in total. The van der Waals surface area contributed by atoms with Gasteiger partial charge in [-0.05, 0) is 34.7 Å². The second-order valence-corrected chi connectivity index (χ2v) is 10.9. The lowest BCUT2D eigenvalue weighted by molar-refractivity contribution is -0.142. The molecule has 0 spiro atoms. The molecule has 2 aromatic rings. The summed E-state index contributed by atoms with van der Waals surface area (Å²) in [6.07, 6.45) is 2.05. The number of carboxylic acid groups (broad SMARTS) is 1. The normalized spacial score (nSPS) is 18.8. The van der Waals surface area contributed by atoms with Crippen LogP contribution in [0.5, 0.6) is 0 Å². The van der Waals surface area contributed by atoms with Gasteiger partial charge >= 0.3 is 5.97 Å². The summed E-state index contributed by atoms with van der Waals surface area (Å²) in [6, 6.07) is 1.83. The molecule has 0 aromatic carbocycles. The zero-order chi connectivity index (χ0) is 24.2. The molecule has 1 aliphatic rings.